The smallest absolute Gasteiger partial charge is 0.305 e. The van der Waals surface area contributed by atoms with Crippen molar-refractivity contribution < 1.29 is 19.4 Å². The molecule has 0 radical (unpaired) electrons. The van der Waals surface area contributed by atoms with E-state index in [1.165, 1.54) is 18.2 Å². The summed E-state index contributed by atoms with van der Waals surface area (Å²) in [6, 6.07) is 8.43. The maximum Gasteiger partial charge on any atom is 0.305 e. The molecule has 1 aromatic carbocycles. The minimum Gasteiger partial charge on any atom is -0.481 e. The van der Waals surface area contributed by atoms with Crippen LogP contribution in [-0.2, 0) is 14.3 Å². The largest absolute Gasteiger partial charge is 0.481 e. The van der Waals surface area contributed by atoms with Crippen molar-refractivity contribution in [3.05, 3.63) is 35.4 Å². The van der Waals surface area contributed by atoms with Gasteiger partial charge in [0.15, 0.2) is 0 Å². The Bertz CT molecular complexity index is 596. The van der Waals surface area contributed by atoms with Crippen molar-refractivity contribution in [3.8, 4) is 0 Å². The third-order valence-electron chi connectivity index (χ3n) is 4.59. The number of carbonyl (C=O) groups is 2. The number of carboxylic acid groups (broad SMARTS) is 1. The predicted molar refractivity (Wildman–Crippen MR) is 92.1 cm³/mol. The number of rotatable bonds is 8. The van der Waals surface area contributed by atoms with Gasteiger partial charge in [-0.3, -0.25) is 9.59 Å². The van der Waals surface area contributed by atoms with Gasteiger partial charge in [0.25, 0.3) is 0 Å². The Morgan fingerprint density at radius 1 is 1.33 bits per heavy atom. The van der Waals surface area contributed by atoms with E-state index in [0.29, 0.717) is 5.92 Å². The van der Waals surface area contributed by atoms with Gasteiger partial charge >= 0.3 is 5.97 Å². The fourth-order valence-electron chi connectivity index (χ4n) is 3.16. The fraction of sp³-hybridized carbons (Fsp3) is 0.579. The van der Waals surface area contributed by atoms with Gasteiger partial charge in [0.05, 0.1) is 18.6 Å². The molecule has 5 heteroatoms. The maximum absolute atomic E-state index is 12.5. The molecule has 1 saturated carbocycles. The molecule has 1 amide bonds. The second kappa shape index (κ2) is 7.34. The van der Waals surface area contributed by atoms with E-state index in [9.17, 15) is 9.59 Å². The van der Waals surface area contributed by atoms with Gasteiger partial charge in [-0.1, -0.05) is 38.1 Å². The highest BCUT2D eigenvalue weighted by Crippen LogP contribution is 2.48. The molecule has 0 spiro atoms. The first kappa shape index (κ1) is 18.5. The van der Waals surface area contributed by atoms with Crippen LogP contribution < -0.4 is 5.32 Å². The number of hydrogen-bond donors (Lipinski definition) is 2. The Morgan fingerprint density at radius 3 is 2.46 bits per heavy atom. The predicted octanol–water partition coefficient (Wildman–Crippen LogP) is 2.91. The zero-order valence-electron chi connectivity index (χ0n) is 14.8. The van der Waals surface area contributed by atoms with Crippen molar-refractivity contribution >= 4 is 11.9 Å². The molecule has 1 aromatic rings. The number of hydrogen-bond acceptors (Lipinski definition) is 3. The number of carboxylic acids is 1. The molecule has 0 aliphatic heterocycles. The molecule has 3 atom stereocenters. The van der Waals surface area contributed by atoms with Crippen LogP contribution >= 0.6 is 0 Å². The number of aliphatic carboxylic acids is 1. The van der Waals surface area contributed by atoms with E-state index in [-0.39, 0.29) is 30.8 Å². The minimum absolute atomic E-state index is 0.0834. The zero-order valence-corrected chi connectivity index (χ0v) is 14.8. The second-order valence-electron chi connectivity index (χ2n) is 7.32. The molecule has 24 heavy (non-hydrogen) atoms. The molecular weight excluding hydrogens is 306 g/mol. The Morgan fingerprint density at radius 2 is 1.96 bits per heavy atom. The van der Waals surface area contributed by atoms with Gasteiger partial charge in [-0.25, -0.2) is 0 Å². The van der Waals surface area contributed by atoms with Gasteiger partial charge in [0.1, 0.15) is 0 Å². The van der Waals surface area contributed by atoms with Gasteiger partial charge in [0, 0.05) is 13.0 Å². The topological polar surface area (TPSA) is 75.6 Å². The van der Waals surface area contributed by atoms with Crippen molar-refractivity contribution in [1.29, 1.82) is 0 Å². The second-order valence-corrected chi connectivity index (χ2v) is 7.32. The third-order valence-corrected chi connectivity index (χ3v) is 4.59. The van der Waals surface area contributed by atoms with Crippen LogP contribution in [0.2, 0.25) is 0 Å². The molecule has 0 bridgehead atoms. The molecule has 2 N–H and O–H groups in total. The van der Waals surface area contributed by atoms with Gasteiger partial charge < -0.3 is 15.2 Å². The van der Waals surface area contributed by atoms with Gasteiger partial charge in [-0.2, -0.15) is 0 Å². The molecule has 132 valence electrons. The van der Waals surface area contributed by atoms with E-state index < -0.39 is 11.5 Å². The average molecular weight is 333 g/mol. The van der Waals surface area contributed by atoms with Crippen LogP contribution in [0.5, 0.6) is 0 Å². The standard InChI is InChI=1S/C19H27NO4/c1-12(2)13-5-7-14(8-6-13)15-9-16(15)18(23)20-19(3,11-24-4)10-17(21)22/h5-8,12,15-16H,9-11H2,1-4H3,(H,20,23)(H,21,22). The molecule has 0 heterocycles. The van der Waals surface area contributed by atoms with E-state index in [1.54, 1.807) is 6.92 Å². The van der Waals surface area contributed by atoms with Crippen molar-refractivity contribution in [1.82, 2.24) is 5.32 Å². The fourth-order valence-corrected chi connectivity index (χ4v) is 3.16. The van der Waals surface area contributed by atoms with Crippen molar-refractivity contribution in [2.75, 3.05) is 13.7 Å². The molecule has 1 fully saturated rings. The number of benzene rings is 1. The highest BCUT2D eigenvalue weighted by Gasteiger charge is 2.45. The first-order valence-electron chi connectivity index (χ1n) is 8.38. The Hall–Kier alpha value is -1.88. The van der Waals surface area contributed by atoms with Crippen LogP contribution in [-0.4, -0.2) is 36.2 Å². The van der Waals surface area contributed by atoms with Crippen LogP contribution in [0, 0.1) is 5.92 Å². The summed E-state index contributed by atoms with van der Waals surface area (Å²) in [7, 11) is 1.50. The Kier molecular flexibility index (Phi) is 5.65. The monoisotopic (exact) mass is 333 g/mol. The number of amides is 1. The Labute approximate surface area is 143 Å². The first-order chi connectivity index (χ1) is 11.3. The minimum atomic E-state index is -0.952. The normalized spacial score (nSPS) is 22.0. The zero-order chi connectivity index (χ0) is 17.9. The maximum atomic E-state index is 12.5. The van der Waals surface area contributed by atoms with Crippen molar-refractivity contribution in [3.63, 3.8) is 0 Å². The van der Waals surface area contributed by atoms with E-state index in [2.05, 4.69) is 43.4 Å². The molecule has 0 saturated heterocycles. The van der Waals surface area contributed by atoms with Crippen molar-refractivity contribution in [2.24, 2.45) is 5.92 Å². The third kappa shape index (κ3) is 4.57. The summed E-state index contributed by atoms with van der Waals surface area (Å²) >= 11 is 0. The molecule has 1 aliphatic carbocycles. The van der Waals surface area contributed by atoms with Crippen LogP contribution in [0.1, 0.15) is 56.6 Å². The summed E-state index contributed by atoms with van der Waals surface area (Å²) in [6.07, 6.45) is 0.649. The number of methoxy groups -OCH3 is 1. The van der Waals surface area contributed by atoms with E-state index in [1.807, 2.05) is 0 Å². The molecular formula is C19H27NO4. The van der Waals surface area contributed by atoms with Gasteiger partial charge in [-0.05, 0) is 36.3 Å². The van der Waals surface area contributed by atoms with E-state index in [4.69, 9.17) is 9.84 Å². The van der Waals surface area contributed by atoms with Crippen LogP contribution in [0.4, 0.5) is 0 Å². The lowest BCUT2D eigenvalue weighted by molar-refractivity contribution is -0.139. The summed E-state index contributed by atoms with van der Waals surface area (Å²) in [5.74, 6) is -0.411. The molecule has 2 rings (SSSR count). The molecule has 1 aliphatic rings. The summed E-state index contributed by atoms with van der Waals surface area (Å²) < 4.78 is 5.08. The molecule has 5 nitrogen and oxygen atoms in total. The highest BCUT2D eigenvalue weighted by atomic mass is 16.5. The van der Waals surface area contributed by atoms with Crippen LogP contribution in [0.25, 0.3) is 0 Å². The number of carbonyl (C=O) groups excluding carboxylic acids is 1. The Balaban J connectivity index is 1.98. The number of ether oxygens (including phenoxy) is 1. The number of nitrogens with one attached hydrogen (secondary N) is 1. The van der Waals surface area contributed by atoms with Gasteiger partial charge in [-0.15, -0.1) is 0 Å². The van der Waals surface area contributed by atoms with Crippen LogP contribution in [0.15, 0.2) is 24.3 Å². The summed E-state index contributed by atoms with van der Waals surface area (Å²) in [5.41, 5.74) is 1.58. The van der Waals surface area contributed by atoms with Crippen molar-refractivity contribution in [2.45, 2.75) is 51.0 Å². The summed E-state index contributed by atoms with van der Waals surface area (Å²) in [5, 5.41) is 11.9. The molecule has 3 unspecified atom stereocenters. The van der Waals surface area contributed by atoms with Crippen LogP contribution in [0.3, 0.4) is 0 Å². The lowest BCUT2D eigenvalue weighted by Gasteiger charge is -2.28. The highest BCUT2D eigenvalue weighted by molar-refractivity contribution is 5.84. The van der Waals surface area contributed by atoms with E-state index >= 15 is 0 Å². The van der Waals surface area contributed by atoms with Gasteiger partial charge in [0.2, 0.25) is 5.91 Å². The average Bonchev–Trinajstić information content (AvgIpc) is 3.26. The lowest BCUT2D eigenvalue weighted by Crippen LogP contribution is -2.51. The molecule has 0 aromatic heterocycles. The quantitative estimate of drug-likeness (QED) is 0.767. The van der Waals surface area contributed by atoms with E-state index in [0.717, 1.165) is 6.42 Å². The SMILES string of the molecule is COCC(C)(CC(=O)O)NC(=O)C1CC1c1ccc(C(C)C)cc1. The first-order valence-corrected chi connectivity index (χ1v) is 8.38. The lowest BCUT2D eigenvalue weighted by atomic mass is 9.97. The summed E-state index contributed by atoms with van der Waals surface area (Å²) in [4.78, 5) is 23.5. The summed E-state index contributed by atoms with van der Waals surface area (Å²) in [6.45, 7) is 6.19.